The van der Waals surface area contributed by atoms with E-state index in [0.717, 1.165) is 17.0 Å². The molecule has 1 aliphatic heterocycles. The summed E-state index contributed by atoms with van der Waals surface area (Å²) in [6, 6.07) is 20.6. The minimum atomic E-state index is -0.894. The average molecular weight is 389 g/mol. The van der Waals surface area contributed by atoms with Crippen molar-refractivity contribution in [1.82, 2.24) is 4.98 Å². The summed E-state index contributed by atoms with van der Waals surface area (Å²) in [7, 11) is 0. The van der Waals surface area contributed by atoms with Gasteiger partial charge in [0.25, 0.3) is 5.91 Å². The van der Waals surface area contributed by atoms with Gasteiger partial charge in [-0.2, -0.15) is 5.26 Å². The van der Waals surface area contributed by atoms with Gasteiger partial charge in [0, 0.05) is 0 Å². The van der Waals surface area contributed by atoms with Crippen molar-refractivity contribution in [2.45, 2.75) is 0 Å². The first kappa shape index (κ1) is 17.7. The number of carbonyl (C=O) groups excluding carboxylic acids is 2. The van der Waals surface area contributed by atoms with Gasteiger partial charge in [-0.1, -0.05) is 47.7 Å². The summed E-state index contributed by atoms with van der Waals surface area (Å²) >= 11 is 1.07. The molecule has 4 rings (SSSR count). The van der Waals surface area contributed by atoms with Crippen molar-refractivity contribution in [3.63, 3.8) is 0 Å². The van der Waals surface area contributed by atoms with Crippen LogP contribution >= 0.6 is 11.3 Å². The van der Waals surface area contributed by atoms with E-state index in [2.05, 4.69) is 10.3 Å². The van der Waals surface area contributed by atoms with Gasteiger partial charge in [-0.05, 0) is 24.3 Å². The first-order chi connectivity index (χ1) is 13.7. The van der Waals surface area contributed by atoms with E-state index >= 15 is 0 Å². The van der Waals surface area contributed by atoms with Gasteiger partial charge in [0.15, 0.2) is 5.13 Å². The molecule has 1 unspecified atom stereocenters. The third kappa shape index (κ3) is 3.31. The number of nitrogens with zero attached hydrogens (tertiary/aromatic N) is 4. The Morgan fingerprint density at radius 1 is 1.11 bits per heavy atom. The van der Waals surface area contributed by atoms with Gasteiger partial charge in [-0.25, -0.2) is 9.99 Å². The molecule has 1 aromatic heterocycles. The largest absolute Gasteiger partial charge is 0.301 e. The fourth-order valence-corrected chi connectivity index (χ4v) is 3.64. The van der Waals surface area contributed by atoms with E-state index in [1.807, 2.05) is 66.7 Å². The van der Waals surface area contributed by atoms with Crippen LogP contribution in [0.25, 0.3) is 0 Å². The van der Waals surface area contributed by atoms with Gasteiger partial charge in [-0.3, -0.25) is 14.6 Å². The third-order valence-electron chi connectivity index (χ3n) is 4.32. The van der Waals surface area contributed by atoms with Gasteiger partial charge in [0.2, 0.25) is 5.91 Å². The van der Waals surface area contributed by atoms with E-state index in [1.165, 1.54) is 11.2 Å². The molecule has 0 spiro atoms. The molecule has 8 heteroatoms. The molecule has 138 valence electrons. The van der Waals surface area contributed by atoms with Gasteiger partial charge >= 0.3 is 0 Å². The summed E-state index contributed by atoms with van der Waals surface area (Å²) in [5, 5.41) is 15.2. The van der Waals surface area contributed by atoms with Gasteiger partial charge in [0.1, 0.15) is 16.9 Å². The van der Waals surface area contributed by atoms with Crippen molar-refractivity contribution >= 4 is 39.7 Å². The predicted octanol–water partition coefficient (Wildman–Crippen LogP) is 3.04. The van der Waals surface area contributed by atoms with Crippen LogP contribution in [0.15, 0.2) is 66.9 Å². The molecule has 1 aliphatic rings. The zero-order valence-corrected chi connectivity index (χ0v) is 15.5. The Hall–Kier alpha value is -3.70. The lowest BCUT2D eigenvalue weighted by molar-refractivity contribution is -0.128. The minimum Gasteiger partial charge on any atom is -0.301 e. The molecule has 2 aromatic carbocycles. The van der Waals surface area contributed by atoms with Gasteiger partial charge < -0.3 is 5.32 Å². The molecule has 7 nitrogen and oxygen atoms in total. The predicted molar refractivity (Wildman–Crippen MR) is 107 cm³/mol. The standard InChI is InChI=1S/C20H15N5O2S/c21-11-16-12-22-20(28-16)23-18(26)17-13-24(14-7-3-1-4-8-14)25(19(17)27)15-9-5-2-6-10-15/h1-10,12,17H,13H2,(H,22,23,26). The summed E-state index contributed by atoms with van der Waals surface area (Å²) in [5.41, 5.74) is 1.50. The molecule has 1 saturated heterocycles. The lowest BCUT2D eigenvalue weighted by atomic mass is 10.1. The number of hydrazine groups is 1. The molecular formula is C20H15N5O2S. The number of para-hydroxylation sites is 2. The number of nitriles is 1. The Morgan fingerprint density at radius 2 is 1.75 bits per heavy atom. The summed E-state index contributed by atoms with van der Waals surface area (Å²) in [6.45, 7) is 0.208. The van der Waals surface area contributed by atoms with Crippen molar-refractivity contribution in [2.75, 3.05) is 21.9 Å². The van der Waals surface area contributed by atoms with E-state index in [9.17, 15) is 9.59 Å². The molecular weight excluding hydrogens is 374 g/mol. The van der Waals surface area contributed by atoms with E-state index in [1.54, 1.807) is 5.01 Å². The van der Waals surface area contributed by atoms with Crippen molar-refractivity contribution in [2.24, 2.45) is 5.92 Å². The highest BCUT2D eigenvalue weighted by molar-refractivity contribution is 7.16. The molecule has 1 atom stereocenters. The third-order valence-corrected chi connectivity index (χ3v) is 5.14. The number of amides is 2. The highest BCUT2D eigenvalue weighted by Crippen LogP contribution is 2.31. The van der Waals surface area contributed by atoms with Gasteiger partial charge in [-0.15, -0.1) is 0 Å². The summed E-state index contributed by atoms with van der Waals surface area (Å²) in [5.74, 6) is -1.65. The molecule has 0 aliphatic carbocycles. The van der Waals surface area contributed by atoms with Crippen molar-refractivity contribution in [3.05, 3.63) is 71.7 Å². The second kappa shape index (κ2) is 7.50. The molecule has 0 saturated carbocycles. The van der Waals surface area contributed by atoms with E-state index in [0.29, 0.717) is 15.7 Å². The molecule has 3 aromatic rings. The van der Waals surface area contributed by atoms with Crippen LogP contribution in [0.1, 0.15) is 4.88 Å². The summed E-state index contributed by atoms with van der Waals surface area (Å²) in [4.78, 5) is 30.3. The van der Waals surface area contributed by atoms with E-state index in [-0.39, 0.29) is 12.5 Å². The van der Waals surface area contributed by atoms with Crippen molar-refractivity contribution < 1.29 is 9.59 Å². The number of aromatic nitrogens is 1. The number of nitrogens with one attached hydrogen (secondary N) is 1. The Kier molecular flexibility index (Phi) is 4.74. The van der Waals surface area contributed by atoms with Crippen LogP contribution in [-0.4, -0.2) is 23.3 Å². The normalized spacial score (nSPS) is 16.1. The first-order valence-corrected chi connectivity index (χ1v) is 9.37. The molecule has 1 N–H and O–H groups in total. The number of thiazole rings is 1. The maximum absolute atomic E-state index is 13.1. The maximum Gasteiger partial charge on any atom is 0.260 e. The smallest absolute Gasteiger partial charge is 0.260 e. The molecule has 2 amide bonds. The Balaban J connectivity index is 1.63. The number of hydrogen-bond acceptors (Lipinski definition) is 6. The number of hydrogen-bond donors (Lipinski definition) is 1. The second-order valence-corrected chi connectivity index (χ2v) is 7.12. The molecule has 28 heavy (non-hydrogen) atoms. The lowest BCUT2D eigenvalue weighted by Gasteiger charge is -2.29. The highest BCUT2D eigenvalue weighted by Gasteiger charge is 2.43. The maximum atomic E-state index is 13.1. The molecule has 0 bridgehead atoms. The number of anilines is 3. The van der Waals surface area contributed by atoms with Crippen LogP contribution in [0.5, 0.6) is 0 Å². The van der Waals surface area contributed by atoms with Crippen LogP contribution in [0.2, 0.25) is 0 Å². The topological polar surface area (TPSA) is 89.3 Å². The van der Waals surface area contributed by atoms with Crippen molar-refractivity contribution in [1.29, 1.82) is 5.26 Å². The zero-order chi connectivity index (χ0) is 19.5. The van der Waals surface area contributed by atoms with Crippen LogP contribution < -0.4 is 15.3 Å². The van der Waals surface area contributed by atoms with Gasteiger partial charge in [0.05, 0.1) is 24.1 Å². The summed E-state index contributed by atoms with van der Waals surface area (Å²) < 4.78 is 0. The molecule has 2 heterocycles. The quantitative estimate of drug-likeness (QED) is 0.693. The Bertz CT molecular complexity index is 1050. The molecule has 0 radical (unpaired) electrons. The van der Waals surface area contributed by atoms with E-state index < -0.39 is 11.8 Å². The first-order valence-electron chi connectivity index (χ1n) is 8.55. The lowest BCUT2D eigenvalue weighted by Crippen LogP contribution is -2.39. The van der Waals surface area contributed by atoms with Crippen LogP contribution in [0.3, 0.4) is 0 Å². The number of rotatable bonds is 4. The molecule has 1 fully saturated rings. The summed E-state index contributed by atoms with van der Waals surface area (Å²) in [6.07, 6.45) is 1.39. The number of carbonyl (C=O) groups is 2. The zero-order valence-electron chi connectivity index (χ0n) is 14.6. The monoisotopic (exact) mass is 389 g/mol. The minimum absolute atomic E-state index is 0.208. The average Bonchev–Trinajstić information content (AvgIpc) is 3.33. The van der Waals surface area contributed by atoms with Crippen LogP contribution in [0, 0.1) is 17.2 Å². The Morgan fingerprint density at radius 3 is 2.36 bits per heavy atom. The SMILES string of the molecule is N#Cc1cnc(NC(=O)C2CN(c3ccccc3)N(c3ccccc3)C2=O)s1. The second-order valence-electron chi connectivity index (χ2n) is 6.09. The number of benzene rings is 2. The van der Waals surface area contributed by atoms with Crippen LogP contribution in [0.4, 0.5) is 16.5 Å². The fourth-order valence-electron chi connectivity index (χ4n) is 3.03. The van der Waals surface area contributed by atoms with E-state index in [4.69, 9.17) is 5.26 Å². The van der Waals surface area contributed by atoms with Crippen LogP contribution in [-0.2, 0) is 9.59 Å². The van der Waals surface area contributed by atoms with Crippen molar-refractivity contribution in [3.8, 4) is 6.07 Å². The highest BCUT2D eigenvalue weighted by atomic mass is 32.1. The Labute approximate surface area is 165 Å². The fraction of sp³-hybridized carbons (Fsp3) is 0.100.